The molecule has 0 bridgehead atoms. The fraction of sp³-hybridized carbons (Fsp3) is 0.222. The molecular weight excluding hydrogens is 544 g/mol. The molecule has 190 valence electrons. The molecule has 3 amide bonds. The fourth-order valence-electron chi connectivity index (χ4n) is 4.42. The summed E-state index contributed by atoms with van der Waals surface area (Å²) >= 11 is 3.36. The van der Waals surface area contributed by atoms with Crippen molar-refractivity contribution in [3.8, 4) is 23.0 Å². The molecule has 10 heteroatoms. The Labute approximate surface area is 221 Å². The van der Waals surface area contributed by atoms with Crippen LogP contribution in [0.25, 0.3) is 0 Å². The van der Waals surface area contributed by atoms with E-state index >= 15 is 0 Å². The summed E-state index contributed by atoms with van der Waals surface area (Å²) in [6.45, 7) is 0.187. The molecule has 0 N–H and O–H groups in total. The lowest BCUT2D eigenvalue weighted by molar-refractivity contribution is -0.122. The van der Waals surface area contributed by atoms with Crippen molar-refractivity contribution in [2.45, 2.75) is 19.0 Å². The molecule has 37 heavy (non-hydrogen) atoms. The largest absolute Gasteiger partial charge is 0.493 e. The molecule has 3 aromatic carbocycles. The summed E-state index contributed by atoms with van der Waals surface area (Å²) in [6, 6.07) is 16.0. The first-order valence-corrected chi connectivity index (χ1v) is 12.2. The summed E-state index contributed by atoms with van der Waals surface area (Å²) in [5.41, 5.74) is 1.46. The number of nitrogens with zero attached hydrogens (tertiary/aromatic N) is 2. The number of rotatable bonds is 7. The predicted molar refractivity (Wildman–Crippen MR) is 137 cm³/mol. The van der Waals surface area contributed by atoms with E-state index in [1.165, 1.54) is 19.1 Å². The average Bonchev–Trinajstić information content (AvgIpc) is 3.50. The molecule has 3 aromatic rings. The zero-order chi connectivity index (χ0) is 26.1. The number of carbonyl (C=O) groups excluding carboxylic acids is 3. The van der Waals surface area contributed by atoms with Crippen LogP contribution in [0, 0.1) is 0 Å². The molecule has 2 heterocycles. The molecule has 5 rings (SSSR count). The number of carbonyl (C=O) groups is 3. The highest BCUT2D eigenvalue weighted by atomic mass is 79.9. The number of benzene rings is 3. The van der Waals surface area contributed by atoms with E-state index in [-0.39, 0.29) is 25.7 Å². The van der Waals surface area contributed by atoms with Crippen LogP contribution in [0.15, 0.2) is 65.1 Å². The molecule has 0 aliphatic carbocycles. The Kier molecular flexibility index (Phi) is 6.75. The predicted octanol–water partition coefficient (Wildman–Crippen LogP) is 4.17. The van der Waals surface area contributed by atoms with Crippen molar-refractivity contribution in [2.24, 2.45) is 0 Å². The minimum Gasteiger partial charge on any atom is -0.493 e. The van der Waals surface area contributed by atoms with Crippen LogP contribution in [-0.2, 0) is 16.1 Å². The number of ether oxygens (including phenoxy) is 4. The lowest BCUT2D eigenvalue weighted by Gasteiger charge is -2.28. The van der Waals surface area contributed by atoms with Crippen molar-refractivity contribution in [1.29, 1.82) is 0 Å². The Balaban J connectivity index is 1.51. The van der Waals surface area contributed by atoms with Gasteiger partial charge in [0.05, 0.1) is 26.3 Å². The summed E-state index contributed by atoms with van der Waals surface area (Å²) < 4.78 is 22.3. The maximum atomic E-state index is 13.9. The van der Waals surface area contributed by atoms with Crippen LogP contribution in [0.5, 0.6) is 23.0 Å². The van der Waals surface area contributed by atoms with E-state index in [1.54, 1.807) is 60.7 Å². The number of amides is 3. The fourth-order valence-corrected chi connectivity index (χ4v) is 4.68. The van der Waals surface area contributed by atoms with Gasteiger partial charge in [-0.05, 0) is 60.2 Å². The SMILES string of the molecule is COc1ccc(C(=O)N(Cc2ccc3c(c2)OCO3)C2CC(=O)N(c3ccc(Br)cc3)C2=O)cc1OC. The molecular formula is C27H23BrN2O7. The van der Waals surface area contributed by atoms with E-state index in [9.17, 15) is 14.4 Å². The van der Waals surface area contributed by atoms with Crippen LogP contribution in [-0.4, -0.2) is 49.7 Å². The highest BCUT2D eigenvalue weighted by Crippen LogP contribution is 2.35. The van der Waals surface area contributed by atoms with Gasteiger partial charge < -0.3 is 23.8 Å². The Morgan fingerprint density at radius 2 is 1.70 bits per heavy atom. The summed E-state index contributed by atoms with van der Waals surface area (Å²) in [4.78, 5) is 43.0. The number of imide groups is 1. The first-order valence-electron chi connectivity index (χ1n) is 11.4. The monoisotopic (exact) mass is 566 g/mol. The lowest BCUT2D eigenvalue weighted by atomic mass is 10.1. The van der Waals surface area contributed by atoms with Crippen LogP contribution >= 0.6 is 15.9 Å². The molecule has 1 atom stereocenters. The maximum absolute atomic E-state index is 13.9. The van der Waals surface area contributed by atoms with Crippen LogP contribution in [0.2, 0.25) is 0 Å². The molecule has 0 radical (unpaired) electrons. The van der Waals surface area contributed by atoms with Gasteiger partial charge in [-0.2, -0.15) is 0 Å². The van der Waals surface area contributed by atoms with Gasteiger partial charge >= 0.3 is 0 Å². The van der Waals surface area contributed by atoms with Gasteiger partial charge in [0.1, 0.15) is 6.04 Å². The van der Waals surface area contributed by atoms with Crippen LogP contribution in [0.1, 0.15) is 22.3 Å². The minimum atomic E-state index is -0.998. The zero-order valence-electron chi connectivity index (χ0n) is 20.1. The number of hydrogen-bond acceptors (Lipinski definition) is 7. The van der Waals surface area contributed by atoms with E-state index in [1.807, 2.05) is 0 Å². The quantitative estimate of drug-likeness (QED) is 0.396. The number of halogens is 1. The van der Waals surface area contributed by atoms with Gasteiger partial charge in [-0.25, -0.2) is 4.90 Å². The first kappa shape index (κ1) is 24.6. The molecule has 2 aliphatic rings. The maximum Gasteiger partial charge on any atom is 0.257 e. The van der Waals surface area contributed by atoms with E-state index in [4.69, 9.17) is 18.9 Å². The van der Waals surface area contributed by atoms with E-state index in [2.05, 4.69) is 15.9 Å². The minimum absolute atomic E-state index is 0.0711. The van der Waals surface area contributed by atoms with Crippen molar-refractivity contribution in [3.63, 3.8) is 0 Å². The Bertz CT molecular complexity index is 1380. The van der Waals surface area contributed by atoms with Gasteiger partial charge in [-0.1, -0.05) is 22.0 Å². The molecule has 0 spiro atoms. The van der Waals surface area contributed by atoms with Gasteiger partial charge in [0, 0.05) is 16.6 Å². The van der Waals surface area contributed by atoms with Crippen molar-refractivity contribution < 1.29 is 33.3 Å². The second-order valence-electron chi connectivity index (χ2n) is 8.45. The van der Waals surface area contributed by atoms with Crippen LogP contribution in [0.4, 0.5) is 5.69 Å². The van der Waals surface area contributed by atoms with E-state index < -0.39 is 17.9 Å². The average molecular weight is 567 g/mol. The summed E-state index contributed by atoms with van der Waals surface area (Å²) in [5, 5.41) is 0. The van der Waals surface area contributed by atoms with Gasteiger partial charge in [0.25, 0.3) is 11.8 Å². The molecule has 2 aliphatic heterocycles. The second kappa shape index (κ2) is 10.1. The number of fused-ring (bicyclic) bond motifs is 1. The third kappa shape index (κ3) is 4.72. The summed E-state index contributed by atoms with van der Waals surface area (Å²) in [5.74, 6) is 0.727. The molecule has 0 saturated carbocycles. The molecule has 1 unspecified atom stereocenters. The van der Waals surface area contributed by atoms with Gasteiger partial charge in [0.15, 0.2) is 23.0 Å². The van der Waals surface area contributed by atoms with Crippen LogP contribution < -0.4 is 23.8 Å². The standard InChI is InChI=1S/C27H23BrN2O7/c1-34-21-10-4-17(12-23(21)35-2)26(32)29(14-16-3-9-22-24(11-16)37-15-36-22)20-13-25(31)30(27(20)33)19-7-5-18(28)6-8-19/h3-12,20H,13-15H2,1-2H3. The topological polar surface area (TPSA) is 94.6 Å². The van der Waals surface area contributed by atoms with Crippen molar-refractivity contribution in [2.75, 3.05) is 25.9 Å². The number of anilines is 1. The Morgan fingerprint density at radius 1 is 0.973 bits per heavy atom. The van der Waals surface area contributed by atoms with E-state index in [0.29, 0.717) is 34.2 Å². The third-order valence-electron chi connectivity index (χ3n) is 6.27. The molecule has 0 aromatic heterocycles. The molecule has 1 fully saturated rings. The molecule has 1 saturated heterocycles. The van der Waals surface area contributed by atoms with Crippen molar-refractivity contribution in [3.05, 3.63) is 76.3 Å². The van der Waals surface area contributed by atoms with Crippen molar-refractivity contribution in [1.82, 2.24) is 4.90 Å². The van der Waals surface area contributed by atoms with Gasteiger partial charge in [-0.15, -0.1) is 0 Å². The van der Waals surface area contributed by atoms with Crippen LogP contribution in [0.3, 0.4) is 0 Å². The zero-order valence-corrected chi connectivity index (χ0v) is 21.7. The summed E-state index contributed by atoms with van der Waals surface area (Å²) in [7, 11) is 2.98. The highest BCUT2D eigenvalue weighted by Gasteiger charge is 2.44. The lowest BCUT2D eigenvalue weighted by Crippen LogP contribution is -2.45. The first-order chi connectivity index (χ1) is 17.9. The smallest absolute Gasteiger partial charge is 0.257 e. The van der Waals surface area contributed by atoms with Gasteiger partial charge in [-0.3, -0.25) is 14.4 Å². The van der Waals surface area contributed by atoms with E-state index in [0.717, 1.165) is 14.9 Å². The normalized spacial score (nSPS) is 16.2. The Morgan fingerprint density at radius 3 is 2.43 bits per heavy atom. The Hall–Kier alpha value is -4.05. The molecule has 9 nitrogen and oxygen atoms in total. The number of hydrogen-bond donors (Lipinski definition) is 0. The highest BCUT2D eigenvalue weighted by molar-refractivity contribution is 9.10. The van der Waals surface area contributed by atoms with Crippen molar-refractivity contribution >= 4 is 39.3 Å². The third-order valence-corrected chi connectivity index (χ3v) is 6.79. The summed E-state index contributed by atoms with van der Waals surface area (Å²) in [6.07, 6.45) is -0.140. The van der Waals surface area contributed by atoms with Gasteiger partial charge in [0.2, 0.25) is 12.7 Å². The number of methoxy groups -OCH3 is 2. The second-order valence-corrected chi connectivity index (χ2v) is 9.37.